The van der Waals surface area contributed by atoms with E-state index in [-0.39, 0.29) is 56.4 Å². The van der Waals surface area contributed by atoms with Gasteiger partial charge in [0.2, 0.25) is 0 Å². The summed E-state index contributed by atoms with van der Waals surface area (Å²) < 4.78 is 37.8. The molecule has 0 saturated carbocycles. The maximum atomic E-state index is 14.4. The predicted molar refractivity (Wildman–Crippen MR) is 230 cm³/mol. The van der Waals surface area contributed by atoms with E-state index in [1.165, 1.54) is 14.0 Å². The van der Waals surface area contributed by atoms with Gasteiger partial charge in [-0.25, -0.2) is 4.79 Å². The molecule has 0 aromatic rings. The smallest absolute Gasteiger partial charge is 0.314 e. The third-order valence-electron chi connectivity index (χ3n) is 13.3. The number of amides is 2. The highest BCUT2D eigenvalue weighted by Crippen LogP contribution is 2.40. The molecule has 0 aromatic carbocycles. The molecule has 3 rings (SSSR count). The second kappa shape index (κ2) is 23.1. The highest BCUT2D eigenvalue weighted by molar-refractivity contribution is 6.17. The van der Waals surface area contributed by atoms with E-state index in [1.54, 1.807) is 48.5 Å². The minimum absolute atomic E-state index is 0.0988. The average Bonchev–Trinajstić information content (AvgIpc) is 3.18. The van der Waals surface area contributed by atoms with Crippen molar-refractivity contribution >= 4 is 23.6 Å². The molecule has 61 heavy (non-hydrogen) atoms. The third kappa shape index (κ3) is 13.8. The monoisotopic (exact) mass is 897 g/mol. The van der Waals surface area contributed by atoms with E-state index in [9.17, 15) is 35.1 Å². The van der Waals surface area contributed by atoms with Crippen LogP contribution in [-0.2, 0) is 33.2 Å². The predicted octanol–water partition coefficient (Wildman–Crippen LogP) is 2.20. The van der Waals surface area contributed by atoms with Gasteiger partial charge in [0.25, 0.3) is 0 Å². The SMILES string of the molecule is CC[C@H]1OC(=O)[C@H](C)[C@H](O[C@@H]2C[C@@](C)(OC)[C@@H](O)[C@H](C)O2)[C@@H](C)[C@H](O[C@@H]2O[C@H](C)C[C@H](N(C)C)[C@H]2O)[C@](C)(O)C[C@@H](C)CN(CCNC(=O)NCCCCl)[C@H](C)[C@@H](O)[C@]1(C)O. The van der Waals surface area contributed by atoms with Gasteiger partial charge in [0.1, 0.15) is 30.0 Å². The quantitative estimate of drug-likeness (QED) is 0.0801. The summed E-state index contributed by atoms with van der Waals surface area (Å²) >= 11 is 5.76. The molecular weight excluding hydrogens is 816 g/mol. The minimum atomic E-state index is -1.93. The number of likely N-dealkylation sites (N-methyl/N-ethyl adjacent to an activating group) is 1. The second-order valence-electron chi connectivity index (χ2n) is 18.9. The first-order valence-corrected chi connectivity index (χ1v) is 22.7. The number of cyclic esters (lactones) is 1. The topological polar surface area (TPSA) is 221 Å². The molecule has 0 unspecified atom stereocenters. The number of methoxy groups -OCH3 is 1. The molecule has 3 heterocycles. The van der Waals surface area contributed by atoms with E-state index in [4.69, 9.17) is 40.0 Å². The van der Waals surface area contributed by atoms with Crippen molar-refractivity contribution in [3.05, 3.63) is 0 Å². The number of nitrogens with zero attached hydrogens (tertiary/aromatic N) is 2. The van der Waals surface area contributed by atoms with Crippen molar-refractivity contribution in [1.82, 2.24) is 20.4 Å². The van der Waals surface area contributed by atoms with Crippen LogP contribution in [0.4, 0.5) is 4.79 Å². The minimum Gasteiger partial charge on any atom is -0.459 e. The average molecular weight is 898 g/mol. The van der Waals surface area contributed by atoms with E-state index in [1.807, 2.05) is 37.7 Å². The second-order valence-corrected chi connectivity index (χ2v) is 19.3. The van der Waals surface area contributed by atoms with Gasteiger partial charge in [-0.05, 0) is 94.2 Å². The van der Waals surface area contributed by atoms with E-state index in [0.717, 1.165) is 0 Å². The molecule has 7 N–H and O–H groups in total. The standard InChI is InChI=1S/C43H81ClN4O13/c1-14-31-43(10,55)35(50)28(6)48(19-18-46-40(53)45-17-15-16-44)23-24(2)21-41(8,54)37(61-39-33(49)30(47(11)12)20-25(3)57-39)26(4)34(27(5)38(52)59-31)60-32-22-42(9,56-13)36(51)29(7)58-32/h24-37,39,49-51,54-55H,14-23H2,1-13H3,(H2,45,46,53)/t24-,25-,26-,27-,28-,29+,30+,31-,32-,33-,34-,35-,36+,37+,39+,41-,42-,43-/m1/s1. The Kier molecular flexibility index (Phi) is 20.4. The lowest BCUT2D eigenvalue weighted by Crippen LogP contribution is -2.60. The molecule has 3 saturated heterocycles. The molecule has 3 aliphatic rings. The van der Waals surface area contributed by atoms with E-state index in [0.29, 0.717) is 31.8 Å². The summed E-state index contributed by atoms with van der Waals surface area (Å²) in [5.74, 6) is -2.50. The van der Waals surface area contributed by atoms with Crippen LogP contribution in [-0.4, -0.2) is 191 Å². The Labute approximate surface area is 369 Å². The van der Waals surface area contributed by atoms with Crippen molar-refractivity contribution in [2.45, 2.75) is 192 Å². The Morgan fingerprint density at radius 3 is 2.20 bits per heavy atom. The molecule has 3 aliphatic heterocycles. The van der Waals surface area contributed by atoms with Crippen molar-refractivity contribution in [3.8, 4) is 0 Å². The van der Waals surface area contributed by atoms with Crippen molar-refractivity contribution in [2.75, 3.05) is 53.3 Å². The van der Waals surface area contributed by atoms with Crippen LogP contribution in [0.15, 0.2) is 0 Å². The molecule has 18 heteroatoms. The van der Waals surface area contributed by atoms with Crippen LogP contribution in [0.1, 0.15) is 101 Å². The molecular formula is C43H81ClN4O13. The molecule has 0 radical (unpaired) electrons. The number of esters is 1. The number of hydrogen-bond donors (Lipinski definition) is 7. The number of urea groups is 1. The summed E-state index contributed by atoms with van der Waals surface area (Å²) in [5, 5.41) is 65.0. The van der Waals surface area contributed by atoms with Gasteiger partial charge in [-0.2, -0.15) is 0 Å². The highest BCUT2D eigenvalue weighted by Gasteiger charge is 2.53. The molecule has 3 fully saturated rings. The Morgan fingerprint density at radius 2 is 1.61 bits per heavy atom. The fourth-order valence-electron chi connectivity index (χ4n) is 9.54. The normalized spacial score (nSPS) is 43.9. The number of aliphatic hydroxyl groups excluding tert-OH is 3. The largest absolute Gasteiger partial charge is 0.459 e. The van der Waals surface area contributed by atoms with Gasteiger partial charge < -0.3 is 69.5 Å². The Bertz CT molecular complexity index is 1370. The summed E-state index contributed by atoms with van der Waals surface area (Å²) in [5.41, 5.74) is -4.65. The molecule has 0 spiro atoms. The van der Waals surface area contributed by atoms with Gasteiger partial charge >= 0.3 is 12.0 Å². The lowest BCUT2D eigenvalue weighted by atomic mass is 9.77. The molecule has 0 bridgehead atoms. The first-order chi connectivity index (χ1) is 28.3. The van der Waals surface area contributed by atoms with E-state index < -0.39 is 96.0 Å². The Balaban J connectivity index is 2.16. The van der Waals surface area contributed by atoms with Crippen molar-refractivity contribution in [1.29, 1.82) is 0 Å². The van der Waals surface area contributed by atoms with Crippen LogP contribution in [0.5, 0.6) is 0 Å². The van der Waals surface area contributed by atoms with Crippen LogP contribution >= 0.6 is 11.6 Å². The van der Waals surface area contributed by atoms with E-state index >= 15 is 0 Å². The number of aliphatic hydroxyl groups is 5. The zero-order valence-electron chi connectivity index (χ0n) is 39.0. The fourth-order valence-corrected chi connectivity index (χ4v) is 9.68. The maximum Gasteiger partial charge on any atom is 0.314 e. The van der Waals surface area contributed by atoms with Crippen molar-refractivity contribution in [3.63, 3.8) is 0 Å². The van der Waals surface area contributed by atoms with Crippen LogP contribution in [0, 0.1) is 17.8 Å². The Morgan fingerprint density at radius 1 is 0.967 bits per heavy atom. The first kappa shape index (κ1) is 53.9. The number of nitrogens with one attached hydrogen (secondary N) is 2. The van der Waals surface area contributed by atoms with Gasteiger partial charge in [0, 0.05) is 63.6 Å². The fraction of sp³-hybridized carbons (Fsp3) is 0.953. The maximum absolute atomic E-state index is 14.4. The van der Waals surface area contributed by atoms with Crippen molar-refractivity contribution < 1.29 is 63.5 Å². The number of carbonyl (C=O) groups is 2. The number of halogens is 1. The van der Waals surface area contributed by atoms with Crippen LogP contribution in [0.2, 0.25) is 0 Å². The zero-order valence-corrected chi connectivity index (χ0v) is 39.8. The van der Waals surface area contributed by atoms with Crippen LogP contribution in [0.25, 0.3) is 0 Å². The highest BCUT2D eigenvalue weighted by atomic mass is 35.5. The van der Waals surface area contributed by atoms with Crippen LogP contribution < -0.4 is 10.6 Å². The lowest BCUT2D eigenvalue weighted by molar-refractivity contribution is -0.318. The summed E-state index contributed by atoms with van der Waals surface area (Å²) in [6.45, 7) is 18.5. The van der Waals surface area contributed by atoms with Crippen LogP contribution in [0.3, 0.4) is 0 Å². The Hall–Kier alpha value is -1.45. The van der Waals surface area contributed by atoms with Gasteiger partial charge in [-0.1, -0.05) is 20.8 Å². The van der Waals surface area contributed by atoms with E-state index in [2.05, 4.69) is 10.6 Å². The van der Waals surface area contributed by atoms with Gasteiger partial charge in [-0.15, -0.1) is 11.6 Å². The first-order valence-electron chi connectivity index (χ1n) is 22.2. The molecule has 358 valence electrons. The van der Waals surface area contributed by atoms with Gasteiger partial charge in [-0.3, -0.25) is 9.69 Å². The molecule has 2 amide bonds. The zero-order chi connectivity index (χ0) is 46.2. The number of ether oxygens (including phenoxy) is 6. The summed E-state index contributed by atoms with van der Waals surface area (Å²) in [6.07, 6.45) is -8.47. The summed E-state index contributed by atoms with van der Waals surface area (Å²) in [6, 6.07) is -1.40. The number of carbonyl (C=O) groups excluding carboxylic acids is 2. The summed E-state index contributed by atoms with van der Waals surface area (Å²) in [4.78, 5) is 30.8. The van der Waals surface area contributed by atoms with Gasteiger partial charge in [0.05, 0.1) is 41.5 Å². The molecule has 0 aliphatic carbocycles. The van der Waals surface area contributed by atoms with Gasteiger partial charge in [0.15, 0.2) is 12.6 Å². The molecule has 18 atom stereocenters. The molecule has 17 nitrogen and oxygen atoms in total. The third-order valence-corrected chi connectivity index (χ3v) is 13.6. The summed E-state index contributed by atoms with van der Waals surface area (Å²) in [7, 11) is 5.24. The number of hydrogen-bond acceptors (Lipinski definition) is 15. The van der Waals surface area contributed by atoms with Crippen molar-refractivity contribution in [2.24, 2.45) is 17.8 Å². The molecule has 0 aromatic heterocycles. The number of rotatable bonds is 13. The number of alkyl halides is 1. The lowest BCUT2D eigenvalue weighted by Gasteiger charge is -2.48.